The van der Waals surface area contributed by atoms with Gasteiger partial charge < -0.3 is 5.32 Å². The quantitative estimate of drug-likeness (QED) is 0.649. The number of hydrogen-bond donors (Lipinski definition) is 1. The van der Waals surface area contributed by atoms with E-state index in [-0.39, 0.29) is 11.9 Å². The predicted molar refractivity (Wildman–Crippen MR) is 89.1 cm³/mol. The monoisotopic (exact) mass is 339 g/mol. The number of halogens is 3. The Labute approximate surface area is 136 Å². The Morgan fingerprint density at radius 3 is 2.67 bits per heavy atom. The molecular formula is C16H12Cl2FNS. The summed E-state index contributed by atoms with van der Waals surface area (Å²) in [7, 11) is 1.87. The van der Waals surface area contributed by atoms with Gasteiger partial charge in [0.25, 0.3) is 0 Å². The third-order valence-electron chi connectivity index (χ3n) is 3.34. The summed E-state index contributed by atoms with van der Waals surface area (Å²) in [6, 6.07) is 12.2. The number of rotatable bonds is 3. The van der Waals surface area contributed by atoms with Gasteiger partial charge in [0, 0.05) is 19.6 Å². The van der Waals surface area contributed by atoms with Crippen LogP contribution in [0.3, 0.4) is 0 Å². The van der Waals surface area contributed by atoms with Crippen molar-refractivity contribution in [2.45, 2.75) is 6.04 Å². The van der Waals surface area contributed by atoms with E-state index in [2.05, 4.69) is 11.4 Å². The Bertz CT molecular complexity index is 800. The van der Waals surface area contributed by atoms with Gasteiger partial charge in [0.15, 0.2) is 0 Å². The van der Waals surface area contributed by atoms with E-state index in [1.807, 2.05) is 13.1 Å². The smallest absolute Gasteiger partial charge is 0.124 e. The van der Waals surface area contributed by atoms with Crippen LogP contribution >= 0.6 is 34.5 Å². The van der Waals surface area contributed by atoms with E-state index in [4.69, 9.17) is 23.2 Å². The molecule has 0 bridgehead atoms. The van der Waals surface area contributed by atoms with Crippen LogP contribution < -0.4 is 5.32 Å². The third kappa shape index (κ3) is 2.92. The summed E-state index contributed by atoms with van der Waals surface area (Å²) >= 11 is 13.9. The molecule has 0 aliphatic rings. The van der Waals surface area contributed by atoms with E-state index in [9.17, 15) is 4.39 Å². The van der Waals surface area contributed by atoms with E-state index in [1.165, 1.54) is 6.07 Å². The topological polar surface area (TPSA) is 12.0 Å². The number of benzene rings is 2. The highest BCUT2D eigenvalue weighted by Crippen LogP contribution is 2.36. The molecule has 0 aliphatic carbocycles. The van der Waals surface area contributed by atoms with Crippen molar-refractivity contribution in [1.29, 1.82) is 0 Å². The molecule has 1 aromatic heterocycles. The molecule has 3 aromatic rings. The van der Waals surface area contributed by atoms with Crippen LogP contribution in [0.1, 0.15) is 16.5 Å². The molecular weight excluding hydrogens is 328 g/mol. The first-order chi connectivity index (χ1) is 10.1. The van der Waals surface area contributed by atoms with Crippen LogP contribution in [-0.4, -0.2) is 7.05 Å². The molecule has 0 spiro atoms. The molecule has 5 heteroatoms. The molecule has 1 N–H and O–H groups in total. The van der Waals surface area contributed by atoms with Crippen LogP contribution in [0.2, 0.25) is 10.0 Å². The Kier molecular flexibility index (Phi) is 4.18. The van der Waals surface area contributed by atoms with Crippen molar-refractivity contribution in [3.05, 3.63) is 68.8 Å². The second-order valence-electron chi connectivity index (χ2n) is 4.72. The van der Waals surface area contributed by atoms with Crippen molar-refractivity contribution in [2.24, 2.45) is 0 Å². The maximum atomic E-state index is 13.3. The molecule has 1 nitrogen and oxygen atoms in total. The average molecular weight is 340 g/mol. The lowest BCUT2D eigenvalue weighted by atomic mass is 10.0. The first-order valence-electron chi connectivity index (χ1n) is 6.39. The molecule has 0 aliphatic heterocycles. The third-order valence-corrected chi connectivity index (χ3v) is 5.09. The predicted octanol–water partition coefficient (Wildman–Crippen LogP) is 5.66. The standard InChI is InChI=1S/C16H12Cl2FNS/c1-20-16(12-7-10(17)3-5-13(12)18)15-6-9-2-4-11(19)8-14(9)21-15/h2-8,16,20H,1H3. The first-order valence-corrected chi connectivity index (χ1v) is 7.97. The Morgan fingerprint density at radius 1 is 1.10 bits per heavy atom. The molecule has 0 amide bonds. The minimum absolute atomic E-state index is 0.0725. The zero-order valence-corrected chi connectivity index (χ0v) is 13.5. The summed E-state index contributed by atoms with van der Waals surface area (Å²) < 4.78 is 14.2. The van der Waals surface area contributed by atoms with E-state index in [0.717, 1.165) is 20.5 Å². The second-order valence-corrected chi connectivity index (χ2v) is 6.68. The van der Waals surface area contributed by atoms with Gasteiger partial charge in [-0.2, -0.15) is 0 Å². The molecule has 0 radical (unpaired) electrons. The molecule has 3 rings (SSSR count). The fraction of sp³-hybridized carbons (Fsp3) is 0.125. The van der Waals surface area contributed by atoms with Crippen molar-refractivity contribution < 1.29 is 4.39 Å². The highest BCUT2D eigenvalue weighted by Gasteiger charge is 2.18. The molecule has 2 aromatic carbocycles. The van der Waals surface area contributed by atoms with Gasteiger partial charge in [-0.05, 0) is 54.4 Å². The van der Waals surface area contributed by atoms with Gasteiger partial charge in [-0.15, -0.1) is 11.3 Å². The van der Waals surface area contributed by atoms with Gasteiger partial charge in [-0.25, -0.2) is 4.39 Å². The Morgan fingerprint density at radius 2 is 1.90 bits per heavy atom. The normalized spacial score (nSPS) is 12.8. The van der Waals surface area contributed by atoms with Gasteiger partial charge >= 0.3 is 0 Å². The second kappa shape index (κ2) is 5.93. The summed E-state index contributed by atoms with van der Waals surface area (Å²) in [5.41, 5.74) is 0.915. The largest absolute Gasteiger partial charge is 0.309 e. The number of hydrogen-bond acceptors (Lipinski definition) is 2. The summed E-state index contributed by atoms with van der Waals surface area (Å²) in [5, 5.41) is 5.57. The number of nitrogens with one attached hydrogen (secondary N) is 1. The van der Waals surface area contributed by atoms with Crippen molar-refractivity contribution >= 4 is 44.6 Å². The first kappa shape index (κ1) is 14.8. The maximum Gasteiger partial charge on any atom is 0.124 e. The molecule has 1 unspecified atom stereocenters. The molecule has 0 saturated carbocycles. The van der Waals surface area contributed by atoms with Crippen LogP contribution in [-0.2, 0) is 0 Å². The summed E-state index contributed by atoms with van der Waals surface area (Å²) in [5.74, 6) is -0.224. The van der Waals surface area contributed by atoms with E-state index in [1.54, 1.807) is 35.6 Å². The van der Waals surface area contributed by atoms with E-state index >= 15 is 0 Å². The number of fused-ring (bicyclic) bond motifs is 1. The van der Waals surface area contributed by atoms with Gasteiger partial charge in [0.2, 0.25) is 0 Å². The summed E-state index contributed by atoms with van der Waals surface area (Å²) in [6.07, 6.45) is 0. The van der Waals surface area contributed by atoms with Crippen LogP contribution in [0, 0.1) is 5.82 Å². The highest BCUT2D eigenvalue weighted by molar-refractivity contribution is 7.19. The lowest BCUT2D eigenvalue weighted by Crippen LogP contribution is -2.16. The lowest BCUT2D eigenvalue weighted by Gasteiger charge is -2.16. The van der Waals surface area contributed by atoms with E-state index < -0.39 is 0 Å². The minimum Gasteiger partial charge on any atom is -0.309 e. The molecule has 21 heavy (non-hydrogen) atoms. The lowest BCUT2D eigenvalue weighted by molar-refractivity contribution is 0.630. The molecule has 1 heterocycles. The van der Waals surface area contributed by atoms with Crippen LogP contribution in [0.4, 0.5) is 4.39 Å². The van der Waals surface area contributed by atoms with Crippen LogP contribution in [0.25, 0.3) is 10.1 Å². The minimum atomic E-state index is -0.224. The Balaban J connectivity index is 2.11. The Hall–Kier alpha value is -1.13. The average Bonchev–Trinajstić information content (AvgIpc) is 2.86. The van der Waals surface area contributed by atoms with Crippen molar-refractivity contribution in [1.82, 2.24) is 5.32 Å². The fourth-order valence-corrected chi connectivity index (χ4v) is 3.98. The van der Waals surface area contributed by atoms with Crippen molar-refractivity contribution in [3.63, 3.8) is 0 Å². The summed E-state index contributed by atoms with van der Waals surface area (Å²) in [4.78, 5) is 1.07. The van der Waals surface area contributed by atoms with E-state index in [0.29, 0.717) is 10.0 Å². The number of thiophene rings is 1. The zero-order valence-electron chi connectivity index (χ0n) is 11.2. The molecule has 0 saturated heterocycles. The fourth-order valence-electron chi connectivity index (χ4n) is 2.35. The van der Waals surface area contributed by atoms with Gasteiger partial charge in [-0.1, -0.05) is 29.3 Å². The molecule has 1 atom stereocenters. The van der Waals surface area contributed by atoms with Gasteiger partial charge in [0.05, 0.1) is 6.04 Å². The van der Waals surface area contributed by atoms with Gasteiger partial charge in [-0.3, -0.25) is 0 Å². The maximum absolute atomic E-state index is 13.3. The van der Waals surface area contributed by atoms with Crippen molar-refractivity contribution in [3.8, 4) is 0 Å². The van der Waals surface area contributed by atoms with Crippen molar-refractivity contribution in [2.75, 3.05) is 7.05 Å². The highest BCUT2D eigenvalue weighted by atomic mass is 35.5. The van der Waals surface area contributed by atoms with Crippen LogP contribution in [0.5, 0.6) is 0 Å². The summed E-state index contributed by atoms with van der Waals surface area (Å²) in [6.45, 7) is 0. The SMILES string of the molecule is CNC(c1cc2ccc(F)cc2s1)c1cc(Cl)ccc1Cl. The van der Waals surface area contributed by atoms with Crippen LogP contribution in [0.15, 0.2) is 42.5 Å². The zero-order chi connectivity index (χ0) is 15.0. The van der Waals surface area contributed by atoms with Gasteiger partial charge in [0.1, 0.15) is 5.82 Å². The molecule has 0 fully saturated rings. The molecule has 108 valence electrons.